The molecule has 0 aliphatic rings. The van der Waals surface area contributed by atoms with Crippen molar-refractivity contribution in [1.29, 1.82) is 0 Å². The zero-order valence-electron chi connectivity index (χ0n) is 18.5. The number of hydrogen-bond acceptors (Lipinski definition) is 4. The van der Waals surface area contributed by atoms with Crippen molar-refractivity contribution in [3.8, 4) is 16.9 Å². The van der Waals surface area contributed by atoms with Gasteiger partial charge >= 0.3 is 12.4 Å². The minimum Gasteiger partial charge on any atom is -0.405 e. The van der Waals surface area contributed by atoms with Crippen molar-refractivity contribution in [2.45, 2.75) is 31.1 Å². The summed E-state index contributed by atoms with van der Waals surface area (Å²) in [5.41, 5.74) is 1.47. The average Bonchev–Trinajstić information content (AvgIpc) is 2.78. The van der Waals surface area contributed by atoms with E-state index in [-0.39, 0.29) is 27.8 Å². The molecule has 11 heteroatoms. The fraction of sp³-hybridized carbons (Fsp3) is 0.208. The predicted octanol–water partition coefficient (Wildman–Crippen LogP) is 6.41. The van der Waals surface area contributed by atoms with Crippen LogP contribution >= 0.6 is 11.6 Å². The van der Waals surface area contributed by atoms with Crippen molar-refractivity contribution in [3.63, 3.8) is 0 Å². The lowest BCUT2D eigenvalue weighted by Gasteiger charge is -2.15. The van der Waals surface area contributed by atoms with Gasteiger partial charge in [0.05, 0.1) is 15.7 Å². The van der Waals surface area contributed by atoms with Gasteiger partial charge in [-0.2, -0.15) is 0 Å². The Morgan fingerprint density at radius 2 is 1.69 bits per heavy atom. The topological polar surface area (TPSA) is 84.5 Å². The van der Waals surface area contributed by atoms with Gasteiger partial charge in [-0.15, -0.1) is 13.2 Å². The van der Waals surface area contributed by atoms with Crippen molar-refractivity contribution in [3.05, 3.63) is 77.3 Å². The molecule has 0 aliphatic carbocycles. The Morgan fingerprint density at radius 1 is 1.00 bits per heavy atom. The standard InChI is InChI=1S/C24H22ClF3N2O4S/c1-2-13-35(32,33)18-10-7-16(8-11-18)15-29-23(31)30-17-9-12-19(21(25)14-17)20-5-3-4-6-22(20)34-24(26,27)28/h3-12,14H,2,13,15H2,1H3,(H2,29,30,31). The van der Waals surface area contributed by atoms with Crippen LogP contribution in [-0.2, 0) is 16.4 Å². The summed E-state index contributed by atoms with van der Waals surface area (Å²) in [6, 6.07) is 15.7. The minimum atomic E-state index is -4.85. The molecule has 0 bridgehead atoms. The van der Waals surface area contributed by atoms with E-state index < -0.39 is 28.0 Å². The second-order valence-corrected chi connectivity index (χ2v) is 10.0. The molecule has 6 nitrogen and oxygen atoms in total. The maximum absolute atomic E-state index is 12.7. The Morgan fingerprint density at radius 3 is 2.31 bits per heavy atom. The number of urea groups is 1. The number of sulfone groups is 1. The first kappa shape index (κ1) is 26.4. The van der Waals surface area contributed by atoms with E-state index >= 15 is 0 Å². The van der Waals surface area contributed by atoms with Crippen LogP contribution in [-0.4, -0.2) is 26.6 Å². The van der Waals surface area contributed by atoms with Gasteiger partial charge in [0.2, 0.25) is 0 Å². The first-order valence-corrected chi connectivity index (χ1v) is 12.5. The van der Waals surface area contributed by atoms with Crippen molar-refractivity contribution >= 4 is 33.2 Å². The molecule has 2 N–H and O–H groups in total. The van der Waals surface area contributed by atoms with Gasteiger partial charge in [-0.1, -0.05) is 54.9 Å². The number of alkyl halides is 3. The molecule has 186 valence electrons. The molecule has 0 unspecified atom stereocenters. The third kappa shape index (κ3) is 7.37. The van der Waals surface area contributed by atoms with E-state index in [0.717, 1.165) is 0 Å². The molecule has 0 aliphatic heterocycles. The SMILES string of the molecule is CCCS(=O)(=O)c1ccc(CNC(=O)Nc2ccc(-c3ccccc3OC(F)(F)F)c(Cl)c2)cc1. The van der Waals surface area contributed by atoms with E-state index in [1.807, 2.05) is 0 Å². The third-order valence-electron chi connectivity index (χ3n) is 4.84. The highest BCUT2D eigenvalue weighted by atomic mass is 35.5. The van der Waals surface area contributed by atoms with Gasteiger partial charge in [0.15, 0.2) is 9.84 Å². The van der Waals surface area contributed by atoms with Crippen LogP contribution in [0.2, 0.25) is 5.02 Å². The number of halogens is 4. The highest BCUT2D eigenvalue weighted by Crippen LogP contribution is 2.38. The van der Waals surface area contributed by atoms with Crippen LogP contribution in [0.1, 0.15) is 18.9 Å². The number of amides is 2. The smallest absolute Gasteiger partial charge is 0.405 e. The van der Waals surface area contributed by atoms with E-state index in [9.17, 15) is 26.4 Å². The fourth-order valence-corrected chi connectivity index (χ4v) is 4.88. The molecule has 0 saturated carbocycles. The number of nitrogens with one attached hydrogen (secondary N) is 2. The van der Waals surface area contributed by atoms with Gasteiger partial charge < -0.3 is 15.4 Å². The molecule has 0 atom stereocenters. The number of ether oxygens (including phenoxy) is 1. The van der Waals surface area contributed by atoms with Crippen molar-refractivity contribution in [2.24, 2.45) is 0 Å². The van der Waals surface area contributed by atoms with E-state index in [1.54, 1.807) is 25.1 Å². The molecule has 0 spiro atoms. The van der Waals surface area contributed by atoms with Crippen molar-refractivity contribution in [2.75, 3.05) is 11.1 Å². The van der Waals surface area contributed by atoms with Gasteiger partial charge in [-0.3, -0.25) is 0 Å². The summed E-state index contributed by atoms with van der Waals surface area (Å²) < 4.78 is 66.4. The molecule has 3 rings (SSSR count). The normalized spacial score (nSPS) is 11.7. The lowest BCUT2D eigenvalue weighted by atomic mass is 10.0. The van der Waals surface area contributed by atoms with E-state index in [4.69, 9.17) is 11.6 Å². The lowest BCUT2D eigenvalue weighted by molar-refractivity contribution is -0.274. The van der Waals surface area contributed by atoms with Crippen molar-refractivity contribution < 1.29 is 31.1 Å². The van der Waals surface area contributed by atoms with Crippen LogP contribution in [0.25, 0.3) is 11.1 Å². The highest BCUT2D eigenvalue weighted by molar-refractivity contribution is 7.91. The molecule has 35 heavy (non-hydrogen) atoms. The number of carbonyl (C=O) groups is 1. The Labute approximate surface area is 206 Å². The van der Waals surface area contributed by atoms with Crippen molar-refractivity contribution in [1.82, 2.24) is 5.32 Å². The summed E-state index contributed by atoms with van der Waals surface area (Å²) in [5.74, 6) is -0.330. The van der Waals surface area contributed by atoms with Crippen LogP contribution in [0.15, 0.2) is 71.6 Å². The van der Waals surface area contributed by atoms with E-state index in [2.05, 4.69) is 15.4 Å². The molecule has 0 saturated heterocycles. The molecule has 0 heterocycles. The Hall–Kier alpha value is -3.24. The predicted molar refractivity (Wildman–Crippen MR) is 128 cm³/mol. The number of rotatable bonds is 8. The minimum absolute atomic E-state index is 0.0648. The molecule has 0 radical (unpaired) electrons. The maximum atomic E-state index is 12.7. The molecule has 3 aromatic carbocycles. The molecular formula is C24H22ClF3N2O4S. The Bertz CT molecular complexity index is 1300. The lowest BCUT2D eigenvalue weighted by Crippen LogP contribution is -2.28. The van der Waals surface area contributed by atoms with Gasteiger partial charge in [-0.25, -0.2) is 13.2 Å². The zero-order chi connectivity index (χ0) is 25.6. The molecule has 2 amide bonds. The second kappa shape index (κ2) is 11.0. The molecule has 0 aromatic heterocycles. The van der Waals surface area contributed by atoms with Gasteiger partial charge in [0.25, 0.3) is 0 Å². The number of hydrogen-bond donors (Lipinski definition) is 2. The average molecular weight is 527 g/mol. The van der Waals surface area contributed by atoms with Crippen LogP contribution in [0.5, 0.6) is 5.75 Å². The third-order valence-corrected chi connectivity index (χ3v) is 7.09. The fourth-order valence-electron chi connectivity index (χ4n) is 3.27. The largest absolute Gasteiger partial charge is 0.573 e. The first-order chi connectivity index (χ1) is 16.5. The summed E-state index contributed by atoms with van der Waals surface area (Å²) in [6.07, 6.45) is -4.34. The number of para-hydroxylation sites is 1. The summed E-state index contributed by atoms with van der Waals surface area (Å²) in [7, 11) is -3.31. The quantitative estimate of drug-likeness (QED) is 0.355. The van der Waals surface area contributed by atoms with Crippen LogP contribution < -0.4 is 15.4 Å². The first-order valence-electron chi connectivity index (χ1n) is 10.5. The van der Waals surface area contributed by atoms with Crippen LogP contribution in [0.3, 0.4) is 0 Å². The monoisotopic (exact) mass is 526 g/mol. The van der Waals surface area contributed by atoms with Gasteiger partial charge in [-0.05, 0) is 42.3 Å². The van der Waals surface area contributed by atoms with E-state index in [1.165, 1.54) is 48.5 Å². The van der Waals surface area contributed by atoms with Gasteiger partial charge in [0.1, 0.15) is 5.75 Å². The number of benzene rings is 3. The maximum Gasteiger partial charge on any atom is 0.573 e. The summed E-state index contributed by atoms with van der Waals surface area (Å²) >= 11 is 6.28. The molecule has 0 fully saturated rings. The van der Waals surface area contributed by atoms with Gasteiger partial charge in [0, 0.05) is 23.4 Å². The Balaban J connectivity index is 1.64. The Kier molecular flexibility index (Phi) is 8.29. The van der Waals surface area contributed by atoms with Crippen LogP contribution in [0, 0.1) is 0 Å². The summed E-state index contributed by atoms with van der Waals surface area (Å²) in [6.45, 7) is 1.93. The highest BCUT2D eigenvalue weighted by Gasteiger charge is 2.32. The second-order valence-electron chi connectivity index (χ2n) is 7.51. The van der Waals surface area contributed by atoms with E-state index in [0.29, 0.717) is 23.2 Å². The summed E-state index contributed by atoms with van der Waals surface area (Å²) in [4.78, 5) is 12.5. The zero-order valence-corrected chi connectivity index (χ0v) is 20.1. The number of anilines is 1. The van der Waals surface area contributed by atoms with Crippen LogP contribution in [0.4, 0.5) is 23.7 Å². The number of carbonyl (C=O) groups excluding carboxylic acids is 1. The molecular weight excluding hydrogens is 505 g/mol. The summed E-state index contributed by atoms with van der Waals surface area (Å²) in [5, 5.41) is 5.35. The molecule has 3 aromatic rings.